The Morgan fingerprint density at radius 3 is 1.36 bits per heavy atom. The molecule has 11 aromatic carbocycles. The maximum Gasteiger partial charge on any atom is 0.159 e. The topological polar surface area (TPSA) is 32.8 Å². The normalized spacial score (nSPS) is 13.4. The van der Waals surface area contributed by atoms with Gasteiger partial charge in [0, 0.05) is 49.7 Å². The summed E-state index contributed by atoms with van der Waals surface area (Å²) < 4.78 is 13.5. The van der Waals surface area contributed by atoms with E-state index in [0.29, 0.717) is 0 Å². The number of benzene rings is 11. The molecule has 0 spiro atoms. The van der Waals surface area contributed by atoms with E-state index in [2.05, 4.69) is 265 Å². The number of aryl methyl sites for hydroxylation is 2. The monoisotopic (exact) mass is 970 g/mol. The molecule has 0 atom stereocenters. The molecule has 1 aliphatic rings. The zero-order valence-corrected chi connectivity index (χ0v) is 43.8. The Morgan fingerprint density at radius 1 is 0.347 bits per heavy atom. The van der Waals surface area contributed by atoms with E-state index in [1.54, 1.807) is 0 Å². The second-order valence-electron chi connectivity index (χ2n) is 23.0. The van der Waals surface area contributed by atoms with Crippen molar-refractivity contribution in [1.29, 1.82) is 0 Å². The van der Waals surface area contributed by atoms with E-state index in [1.807, 2.05) is 6.07 Å². The smallest absolute Gasteiger partial charge is 0.159 e. The Morgan fingerprint density at radius 2 is 0.813 bits per heavy atom. The Kier molecular flexibility index (Phi) is 9.73. The summed E-state index contributed by atoms with van der Waals surface area (Å²) in [5.74, 6) is 0. The van der Waals surface area contributed by atoms with Gasteiger partial charge in [0.15, 0.2) is 11.2 Å². The van der Waals surface area contributed by atoms with Gasteiger partial charge in [-0.2, -0.15) is 0 Å². The summed E-state index contributed by atoms with van der Waals surface area (Å²) in [5.41, 5.74) is 16.8. The Bertz CT molecular complexity index is 4480. The highest BCUT2D eigenvalue weighted by atomic mass is 16.3. The molecule has 0 unspecified atom stereocenters. The van der Waals surface area contributed by atoms with E-state index < -0.39 is 5.41 Å². The van der Waals surface area contributed by atoms with Gasteiger partial charge in [0.2, 0.25) is 0 Å². The first-order chi connectivity index (χ1) is 36.3. The summed E-state index contributed by atoms with van der Waals surface area (Å²) in [7, 11) is 0. The SMILES string of the molecule is Cc1cccc(N(c2ccc3c4c(ccc3c2)-c2c(c3ccc(N(c5cccc(C)c5)c5cccc6c5oc5ccccc56)cc3c3ccccc23)C4(C(C)(C)C)C(C)(C)C)c2cccc3c2oc2ccccc23)c1. The van der Waals surface area contributed by atoms with Crippen LogP contribution in [0.2, 0.25) is 0 Å². The van der Waals surface area contributed by atoms with Gasteiger partial charge in [-0.25, -0.2) is 0 Å². The summed E-state index contributed by atoms with van der Waals surface area (Å²) in [6.07, 6.45) is 0. The maximum atomic E-state index is 6.78. The fourth-order valence-electron chi connectivity index (χ4n) is 14.0. The minimum Gasteiger partial charge on any atom is -0.454 e. The van der Waals surface area contributed by atoms with Gasteiger partial charge in [0.25, 0.3) is 0 Å². The average Bonchev–Trinajstić information content (AvgIpc) is 4.24. The number of fused-ring (bicyclic) bond motifs is 16. The predicted molar refractivity (Wildman–Crippen MR) is 317 cm³/mol. The molecule has 0 N–H and O–H groups in total. The largest absolute Gasteiger partial charge is 0.454 e. The quantitative estimate of drug-likeness (QED) is 0.155. The van der Waals surface area contributed by atoms with E-state index in [0.717, 1.165) is 78.0 Å². The summed E-state index contributed by atoms with van der Waals surface area (Å²) in [6.45, 7) is 19.2. The van der Waals surface area contributed by atoms with Crippen LogP contribution in [0.4, 0.5) is 34.1 Å². The number of hydrogen-bond acceptors (Lipinski definition) is 4. The van der Waals surface area contributed by atoms with Crippen LogP contribution in [0.3, 0.4) is 0 Å². The molecule has 0 saturated heterocycles. The molecule has 2 heterocycles. The van der Waals surface area contributed by atoms with Gasteiger partial charge in [-0.15, -0.1) is 0 Å². The van der Waals surface area contributed by atoms with Crippen molar-refractivity contribution in [2.75, 3.05) is 9.80 Å². The van der Waals surface area contributed by atoms with Crippen LogP contribution in [-0.2, 0) is 5.41 Å². The molecule has 0 amide bonds. The van der Waals surface area contributed by atoms with Gasteiger partial charge < -0.3 is 18.6 Å². The minimum atomic E-state index is -0.443. The number of anilines is 6. The third-order valence-corrected chi connectivity index (χ3v) is 16.6. The fraction of sp³-hybridized carbons (Fsp3) is 0.155. The molecule has 14 rings (SSSR count). The summed E-state index contributed by atoms with van der Waals surface area (Å²) in [5, 5.41) is 12.0. The molecule has 75 heavy (non-hydrogen) atoms. The first kappa shape index (κ1) is 45.0. The van der Waals surface area contributed by atoms with Crippen LogP contribution in [-0.4, -0.2) is 0 Å². The molecule has 0 saturated carbocycles. The van der Waals surface area contributed by atoms with Crippen LogP contribution in [0, 0.1) is 24.7 Å². The summed E-state index contributed by atoms with van der Waals surface area (Å²) in [4.78, 5) is 4.78. The van der Waals surface area contributed by atoms with Crippen molar-refractivity contribution in [3.05, 3.63) is 229 Å². The van der Waals surface area contributed by atoms with Crippen molar-refractivity contribution >= 4 is 110 Å². The zero-order chi connectivity index (χ0) is 51.1. The molecule has 0 bridgehead atoms. The Balaban J connectivity index is 1.02. The van der Waals surface area contributed by atoms with Crippen molar-refractivity contribution in [3.63, 3.8) is 0 Å². The molecule has 4 heteroatoms. The number of furan rings is 2. The molecular formula is C71H58N2O2. The molecule has 13 aromatic rings. The maximum absolute atomic E-state index is 6.78. The molecule has 0 fully saturated rings. The molecule has 1 aliphatic carbocycles. The van der Waals surface area contributed by atoms with E-state index in [1.165, 1.54) is 65.7 Å². The van der Waals surface area contributed by atoms with Crippen molar-refractivity contribution in [2.24, 2.45) is 10.8 Å². The Hall–Kier alpha value is -8.60. The van der Waals surface area contributed by atoms with E-state index in [-0.39, 0.29) is 10.8 Å². The number of rotatable bonds is 6. The lowest BCUT2D eigenvalue weighted by Gasteiger charge is -2.54. The predicted octanol–water partition coefficient (Wildman–Crippen LogP) is 20.9. The van der Waals surface area contributed by atoms with E-state index in [4.69, 9.17) is 8.83 Å². The van der Waals surface area contributed by atoms with Crippen molar-refractivity contribution in [2.45, 2.75) is 60.8 Å². The molecule has 2 aromatic heterocycles. The first-order valence-electron chi connectivity index (χ1n) is 26.4. The summed E-state index contributed by atoms with van der Waals surface area (Å²) >= 11 is 0. The second-order valence-corrected chi connectivity index (χ2v) is 23.0. The second kappa shape index (κ2) is 16.2. The van der Waals surface area contributed by atoms with Crippen LogP contribution < -0.4 is 9.80 Å². The lowest BCUT2D eigenvalue weighted by atomic mass is 9.49. The molecule has 364 valence electrons. The van der Waals surface area contributed by atoms with Crippen LogP contribution in [0.1, 0.15) is 63.8 Å². The molecule has 0 radical (unpaired) electrons. The fourth-order valence-corrected chi connectivity index (χ4v) is 14.0. The Labute approximate surface area is 438 Å². The highest BCUT2D eigenvalue weighted by molar-refractivity contribution is 6.21. The molecular weight excluding hydrogens is 913 g/mol. The van der Waals surface area contributed by atoms with Gasteiger partial charge >= 0.3 is 0 Å². The summed E-state index contributed by atoms with van der Waals surface area (Å²) in [6, 6.07) is 75.8. The number of hydrogen-bond donors (Lipinski definition) is 0. The van der Waals surface area contributed by atoms with E-state index >= 15 is 0 Å². The van der Waals surface area contributed by atoms with Crippen LogP contribution in [0.25, 0.3) is 87.3 Å². The third-order valence-electron chi connectivity index (χ3n) is 16.6. The lowest BCUT2D eigenvalue weighted by molar-refractivity contribution is 0.0977. The first-order valence-corrected chi connectivity index (χ1v) is 26.4. The average molecular weight is 971 g/mol. The van der Waals surface area contributed by atoms with E-state index in [9.17, 15) is 0 Å². The van der Waals surface area contributed by atoms with Gasteiger partial charge in [-0.3, -0.25) is 0 Å². The third kappa shape index (κ3) is 6.48. The minimum absolute atomic E-state index is 0.235. The standard InChI is InChI=1S/C71H58N2O2/c1-43-19-15-21-46(39-43)72(60-29-17-27-56-52-24-11-13-31-62(52)74-67(56)60)48-34-37-50-45(41-48)33-36-58-64-54-26-10-9-23-51(54)59-42-49(35-38-55(59)66(64)71(65(50)58,69(3,4)5)70(6,7)8)73(47-22-16-20-44(2)40-47)61-30-18-28-57-53-25-12-14-32-63(53)75-68(57)61/h9-42H,1-8H3. The van der Waals surface area contributed by atoms with Gasteiger partial charge in [0.1, 0.15) is 11.2 Å². The lowest BCUT2D eigenvalue weighted by Crippen LogP contribution is -2.50. The number of nitrogens with zero attached hydrogens (tertiary/aromatic N) is 2. The van der Waals surface area contributed by atoms with Crippen molar-refractivity contribution in [3.8, 4) is 11.1 Å². The number of para-hydroxylation sites is 4. The van der Waals surface area contributed by atoms with Gasteiger partial charge in [0.05, 0.1) is 11.4 Å². The van der Waals surface area contributed by atoms with Crippen LogP contribution >= 0.6 is 0 Å². The van der Waals surface area contributed by atoms with Crippen molar-refractivity contribution < 1.29 is 8.83 Å². The van der Waals surface area contributed by atoms with Gasteiger partial charge in [-0.05, 0) is 163 Å². The van der Waals surface area contributed by atoms with Crippen molar-refractivity contribution in [1.82, 2.24) is 0 Å². The van der Waals surface area contributed by atoms with Crippen LogP contribution in [0.5, 0.6) is 0 Å². The highest BCUT2D eigenvalue weighted by Gasteiger charge is 2.59. The van der Waals surface area contributed by atoms with Crippen LogP contribution in [0.15, 0.2) is 215 Å². The zero-order valence-electron chi connectivity index (χ0n) is 43.8. The van der Waals surface area contributed by atoms with Gasteiger partial charge in [-0.1, -0.05) is 175 Å². The molecule has 4 nitrogen and oxygen atoms in total. The highest BCUT2D eigenvalue weighted by Crippen LogP contribution is 2.68. The molecule has 0 aliphatic heterocycles.